The Bertz CT molecular complexity index is 1890. The lowest BCUT2D eigenvalue weighted by molar-refractivity contribution is -0.295. The summed E-state index contributed by atoms with van der Waals surface area (Å²) >= 11 is 0. The number of amides is 1. The lowest BCUT2D eigenvalue weighted by atomic mass is 9.73. The van der Waals surface area contributed by atoms with Gasteiger partial charge in [-0.05, 0) is 73.2 Å². The smallest absolute Gasteiger partial charge is 0.411 e. The Balaban J connectivity index is 1.33. The number of ether oxygens (including phenoxy) is 5. The largest absolute Gasteiger partial charge is 0.506 e. The zero-order valence-electron chi connectivity index (χ0n) is 36.3. The summed E-state index contributed by atoms with van der Waals surface area (Å²) in [6.45, 7) is 15.1. The summed E-state index contributed by atoms with van der Waals surface area (Å²) in [5, 5.41) is 22.2. The first-order chi connectivity index (χ1) is 27.8. The van der Waals surface area contributed by atoms with E-state index in [1.54, 1.807) is 58.7 Å². The minimum absolute atomic E-state index is 0.0206. The Kier molecular flexibility index (Phi) is 13.1. The van der Waals surface area contributed by atoms with Crippen molar-refractivity contribution < 1.29 is 53.1 Å². The maximum atomic E-state index is 14.8. The van der Waals surface area contributed by atoms with Crippen LogP contribution in [0.5, 0.6) is 5.75 Å². The van der Waals surface area contributed by atoms with Gasteiger partial charge in [0, 0.05) is 62.3 Å². The van der Waals surface area contributed by atoms with Gasteiger partial charge < -0.3 is 38.8 Å². The summed E-state index contributed by atoms with van der Waals surface area (Å²) in [7, 11) is 5.22. The van der Waals surface area contributed by atoms with E-state index in [4.69, 9.17) is 23.7 Å². The minimum Gasteiger partial charge on any atom is -0.506 e. The van der Waals surface area contributed by atoms with Crippen LogP contribution < -0.4 is 0 Å². The standard InChI is InChI=1S/C43H63N5O11/c1-12-32-43(8)37(48(41(54)59-43)27-19-47(20-27)21-28-31(49)18-45-29-14-13-15-44-33(28)29)24(4)34(50)22(2)17-42(7,55-11)38(25(5)35(51)26(6)39(53)57-32)58-40-36(52)30(46(9)10)16-23(3)56-40/h13-15,18,22-27,30,32,36-38,40,49,52H,12,16-17,19-21H2,1-11H3/t22-,23-,24+,25+,26-,30+,32-,36-,37?,38-,40+,42-,43-/m1/s1. The van der Waals surface area contributed by atoms with Gasteiger partial charge in [-0.1, -0.05) is 27.7 Å². The zero-order chi connectivity index (χ0) is 43.3. The van der Waals surface area contributed by atoms with Crippen LogP contribution in [0.1, 0.15) is 80.2 Å². The molecule has 1 amide bonds. The Labute approximate surface area is 346 Å². The number of ketones is 2. The highest BCUT2D eigenvalue weighted by molar-refractivity contribution is 6.00. The molecule has 13 atom stereocenters. The topological polar surface area (TPSA) is 190 Å². The number of aromatic hydroxyl groups is 1. The van der Waals surface area contributed by atoms with Crippen molar-refractivity contribution in [3.05, 3.63) is 30.1 Å². The molecule has 2 aromatic heterocycles. The number of esters is 1. The molecule has 2 N–H and O–H groups in total. The van der Waals surface area contributed by atoms with Gasteiger partial charge in [0.25, 0.3) is 0 Å². The van der Waals surface area contributed by atoms with Crippen molar-refractivity contribution in [2.24, 2.45) is 23.7 Å². The molecule has 16 nitrogen and oxygen atoms in total. The molecule has 0 bridgehead atoms. The van der Waals surface area contributed by atoms with E-state index in [1.807, 2.05) is 32.0 Å². The third kappa shape index (κ3) is 8.32. The number of aromatic nitrogens is 2. The molecule has 4 saturated heterocycles. The fourth-order valence-corrected chi connectivity index (χ4v) is 10.1. The van der Waals surface area contributed by atoms with Crippen molar-refractivity contribution in [2.45, 2.75) is 141 Å². The zero-order valence-corrected chi connectivity index (χ0v) is 36.3. The Morgan fingerprint density at radius 3 is 2.36 bits per heavy atom. The van der Waals surface area contributed by atoms with Gasteiger partial charge in [0.2, 0.25) is 0 Å². The number of nitrogens with zero attached hydrogens (tertiary/aromatic N) is 5. The summed E-state index contributed by atoms with van der Waals surface area (Å²) in [6.07, 6.45) is -1.21. The maximum absolute atomic E-state index is 14.8. The van der Waals surface area contributed by atoms with Gasteiger partial charge in [-0.15, -0.1) is 0 Å². The number of hydrogen-bond donors (Lipinski definition) is 2. The van der Waals surface area contributed by atoms with E-state index < -0.39 is 83.4 Å². The number of fused-ring (bicyclic) bond motifs is 2. The first-order valence-electron chi connectivity index (χ1n) is 20.9. The third-order valence-corrected chi connectivity index (χ3v) is 13.5. The molecule has 59 heavy (non-hydrogen) atoms. The molecule has 0 saturated carbocycles. The molecule has 16 heteroatoms. The number of Topliss-reactive ketones (excluding diaryl/α,β-unsaturated/α-hetero) is 2. The second-order valence-electron chi connectivity index (χ2n) is 17.9. The highest BCUT2D eigenvalue weighted by atomic mass is 16.7. The number of carbonyl (C=O) groups is 4. The molecular weight excluding hydrogens is 762 g/mol. The number of aliphatic hydroxyl groups excluding tert-OH is 1. The number of cyclic esters (lactones) is 1. The summed E-state index contributed by atoms with van der Waals surface area (Å²) in [5.41, 5.74) is -0.892. The van der Waals surface area contributed by atoms with Crippen molar-refractivity contribution in [3.8, 4) is 5.75 Å². The van der Waals surface area contributed by atoms with E-state index in [0.717, 1.165) is 0 Å². The van der Waals surface area contributed by atoms with Crippen LogP contribution in [0, 0.1) is 23.7 Å². The van der Waals surface area contributed by atoms with Crippen molar-refractivity contribution in [1.82, 2.24) is 24.7 Å². The van der Waals surface area contributed by atoms with Crippen LogP contribution in [0.25, 0.3) is 11.0 Å². The fraction of sp³-hybridized carbons (Fsp3) is 0.721. The van der Waals surface area contributed by atoms with Crippen molar-refractivity contribution in [3.63, 3.8) is 0 Å². The monoisotopic (exact) mass is 825 g/mol. The van der Waals surface area contributed by atoms with E-state index in [9.17, 15) is 29.4 Å². The van der Waals surface area contributed by atoms with Gasteiger partial charge in [-0.3, -0.25) is 34.2 Å². The van der Waals surface area contributed by atoms with Gasteiger partial charge in [-0.25, -0.2) is 4.79 Å². The van der Waals surface area contributed by atoms with Gasteiger partial charge in [0.1, 0.15) is 29.7 Å². The van der Waals surface area contributed by atoms with Crippen LogP contribution in [0.4, 0.5) is 4.79 Å². The number of aliphatic hydroxyl groups is 1. The summed E-state index contributed by atoms with van der Waals surface area (Å²) in [6, 6.07) is 2.09. The Morgan fingerprint density at radius 2 is 1.71 bits per heavy atom. The Morgan fingerprint density at radius 1 is 1.02 bits per heavy atom. The molecule has 6 rings (SSSR count). The average Bonchev–Trinajstić information content (AvgIpc) is 3.45. The predicted octanol–water partition coefficient (Wildman–Crippen LogP) is 3.72. The molecule has 4 aliphatic rings. The van der Waals surface area contributed by atoms with Crippen LogP contribution in [0.2, 0.25) is 0 Å². The molecule has 4 fully saturated rings. The lowest BCUT2D eigenvalue weighted by Gasteiger charge is -2.48. The molecule has 0 aliphatic carbocycles. The first-order valence-corrected chi connectivity index (χ1v) is 20.9. The quantitative estimate of drug-likeness (QED) is 0.289. The van der Waals surface area contributed by atoms with E-state index in [2.05, 4.69) is 14.9 Å². The molecule has 2 aromatic rings. The molecule has 0 radical (unpaired) electrons. The predicted molar refractivity (Wildman–Crippen MR) is 215 cm³/mol. The molecule has 0 spiro atoms. The van der Waals surface area contributed by atoms with Crippen LogP contribution in [-0.4, -0.2) is 153 Å². The number of hydrogen-bond acceptors (Lipinski definition) is 15. The van der Waals surface area contributed by atoms with E-state index in [-0.39, 0.29) is 42.6 Å². The van der Waals surface area contributed by atoms with Crippen molar-refractivity contribution in [1.29, 1.82) is 0 Å². The fourth-order valence-electron chi connectivity index (χ4n) is 10.1. The second-order valence-corrected chi connectivity index (χ2v) is 17.9. The van der Waals surface area contributed by atoms with Gasteiger partial charge in [-0.2, -0.15) is 0 Å². The highest BCUT2D eigenvalue weighted by Gasteiger charge is 2.62. The first kappa shape index (κ1) is 44.7. The normalized spacial score (nSPS) is 38.2. The van der Waals surface area contributed by atoms with E-state index in [0.29, 0.717) is 42.7 Å². The van der Waals surface area contributed by atoms with Crippen LogP contribution in [0.15, 0.2) is 24.5 Å². The molecule has 1 unspecified atom stereocenters. The number of likely N-dealkylation sites (N-methyl/N-ethyl adjacent to an activating group) is 1. The molecular formula is C43H63N5O11. The number of carbonyl (C=O) groups excluding carboxylic acids is 4. The molecule has 326 valence electrons. The number of rotatable bonds is 8. The number of likely N-dealkylation sites (tertiary alicyclic amines) is 1. The minimum atomic E-state index is -1.46. The molecule has 4 aliphatic heterocycles. The summed E-state index contributed by atoms with van der Waals surface area (Å²) in [5.74, 6) is -5.12. The van der Waals surface area contributed by atoms with Crippen LogP contribution in [-0.2, 0) is 44.6 Å². The summed E-state index contributed by atoms with van der Waals surface area (Å²) in [4.78, 5) is 71.7. The highest BCUT2D eigenvalue weighted by Crippen LogP contribution is 2.45. The van der Waals surface area contributed by atoms with Crippen molar-refractivity contribution in [2.75, 3.05) is 34.3 Å². The maximum Gasteiger partial charge on any atom is 0.411 e. The Hall–Kier alpha value is -3.80. The van der Waals surface area contributed by atoms with E-state index >= 15 is 0 Å². The van der Waals surface area contributed by atoms with Crippen LogP contribution >= 0.6 is 0 Å². The van der Waals surface area contributed by atoms with Gasteiger partial charge in [0.05, 0.1) is 47.1 Å². The second kappa shape index (κ2) is 17.3. The summed E-state index contributed by atoms with van der Waals surface area (Å²) < 4.78 is 31.3. The molecule has 0 aromatic carbocycles. The van der Waals surface area contributed by atoms with Gasteiger partial charge >= 0.3 is 12.1 Å². The van der Waals surface area contributed by atoms with E-state index in [1.165, 1.54) is 20.2 Å². The number of pyridine rings is 2. The SMILES string of the molecule is CC[C@H]1OC(=O)[C@H](C)C(=O)[C@H](C)[C@@H](O[C@@H]2O[C@H](C)C[C@H](N(C)C)[C@H]2O)[C@](C)(OC)C[C@@H](C)C(=O)[C@H](C)C2N(C3CN(Cc4c(O)cnc5cccnc45)C3)C(=O)O[C@@]21C. The number of methoxy groups -OCH3 is 1. The average molecular weight is 826 g/mol. The van der Waals surface area contributed by atoms with Gasteiger partial charge in [0.15, 0.2) is 17.7 Å². The molecule has 6 heterocycles. The van der Waals surface area contributed by atoms with Crippen LogP contribution in [0.3, 0.4) is 0 Å². The lowest BCUT2D eigenvalue weighted by Crippen LogP contribution is -2.65. The van der Waals surface area contributed by atoms with Crippen molar-refractivity contribution >= 4 is 34.7 Å². The third-order valence-electron chi connectivity index (χ3n) is 13.5.